The monoisotopic (exact) mass is 429 g/mol. The molecule has 0 rings (SSSR count). The predicted octanol–water partition coefficient (Wildman–Crippen LogP) is 3.04. The Bertz CT molecular complexity index is 264. The fourth-order valence-electron chi connectivity index (χ4n) is 1.81. The topological polar surface area (TPSA) is 54.9 Å². The molecule has 0 fully saturated rings. The molecule has 0 amide bonds. The van der Waals surface area contributed by atoms with E-state index < -0.39 is 0 Å². The molecule has 0 aromatic rings. The van der Waals surface area contributed by atoms with Gasteiger partial charge in [0.25, 0.3) is 0 Å². The first kappa shape index (κ1) is 24.2. The van der Waals surface area contributed by atoms with E-state index in [-0.39, 0.29) is 24.0 Å². The lowest BCUT2D eigenvalue weighted by Gasteiger charge is -2.18. The second kappa shape index (κ2) is 17.3. The van der Waals surface area contributed by atoms with Crippen molar-refractivity contribution in [3.8, 4) is 0 Å². The summed E-state index contributed by atoms with van der Waals surface area (Å²) < 4.78 is 10.4. The van der Waals surface area contributed by atoms with Crippen LogP contribution in [0.5, 0.6) is 0 Å². The summed E-state index contributed by atoms with van der Waals surface area (Å²) in [6, 6.07) is 0.447. The fourth-order valence-corrected chi connectivity index (χ4v) is 1.81. The van der Waals surface area contributed by atoms with Crippen LogP contribution >= 0.6 is 24.0 Å². The van der Waals surface area contributed by atoms with E-state index in [4.69, 9.17) is 9.47 Å². The van der Waals surface area contributed by atoms with Crippen LogP contribution in [0.25, 0.3) is 0 Å². The number of methoxy groups -OCH3 is 1. The van der Waals surface area contributed by atoms with Crippen LogP contribution in [0.3, 0.4) is 0 Å². The third-order valence-corrected chi connectivity index (χ3v) is 3.05. The number of rotatable bonds is 12. The minimum absolute atomic E-state index is 0. The Hall–Kier alpha value is -0.0800. The zero-order valence-electron chi connectivity index (χ0n) is 15.0. The number of ether oxygens (including phenoxy) is 2. The fraction of sp³-hybridized carbons (Fsp3) is 0.938. The van der Waals surface area contributed by atoms with E-state index in [1.54, 1.807) is 7.11 Å². The number of halogens is 1. The zero-order valence-corrected chi connectivity index (χ0v) is 17.3. The summed E-state index contributed by atoms with van der Waals surface area (Å²) in [5, 5.41) is 6.75. The van der Waals surface area contributed by atoms with Gasteiger partial charge in [0.1, 0.15) is 0 Å². The van der Waals surface area contributed by atoms with Gasteiger partial charge in [-0.15, -0.1) is 24.0 Å². The summed E-state index contributed by atoms with van der Waals surface area (Å²) >= 11 is 0. The highest BCUT2D eigenvalue weighted by atomic mass is 127. The first-order chi connectivity index (χ1) is 10.1. The molecule has 0 heterocycles. The van der Waals surface area contributed by atoms with Gasteiger partial charge in [0.15, 0.2) is 5.96 Å². The quantitative estimate of drug-likeness (QED) is 0.217. The van der Waals surface area contributed by atoms with Gasteiger partial charge in [0.05, 0.1) is 13.2 Å². The van der Waals surface area contributed by atoms with Crippen LogP contribution in [0.4, 0.5) is 0 Å². The van der Waals surface area contributed by atoms with Gasteiger partial charge in [-0.05, 0) is 39.0 Å². The summed E-state index contributed by atoms with van der Waals surface area (Å²) in [6.45, 7) is 12.5. The Balaban J connectivity index is 0. The molecule has 0 aromatic heterocycles. The second-order valence-corrected chi connectivity index (χ2v) is 5.74. The molecule has 0 spiro atoms. The Morgan fingerprint density at radius 3 is 2.41 bits per heavy atom. The van der Waals surface area contributed by atoms with Gasteiger partial charge < -0.3 is 20.1 Å². The van der Waals surface area contributed by atoms with Gasteiger partial charge in [0.2, 0.25) is 0 Å². The van der Waals surface area contributed by atoms with Crippen LogP contribution in [0.2, 0.25) is 0 Å². The Labute approximate surface area is 154 Å². The van der Waals surface area contributed by atoms with E-state index in [0.717, 1.165) is 38.0 Å². The normalized spacial score (nSPS) is 12.9. The van der Waals surface area contributed by atoms with Gasteiger partial charge in [-0.25, -0.2) is 0 Å². The molecule has 134 valence electrons. The predicted molar refractivity (Wildman–Crippen MR) is 105 cm³/mol. The first-order valence-electron chi connectivity index (χ1n) is 8.21. The molecule has 1 unspecified atom stereocenters. The van der Waals surface area contributed by atoms with E-state index in [1.807, 2.05) is 0 Å². The average molecular weight is 429 g/mol. The maximum absolute atomic E-state index is 5.43. The molecule has 0 aliphatic rings. The molecule has 0 aliphatic heterocycles. The smallest absolute Gasteiger partial charge is 0.191 e. The zero-order chi connectivity index (χ0) is 15.9. The largest absolute Gasteiger partial charge is 0.382 e. The van der Waals surface area contributed by atoms with Crippen molar-refractivity contribution >= 4 is 29.9 Å². The number of aliphatic imine (C=N–C) groups is 1. The summed E-state index contributed by atoms with van der Waals surface area (Å²) in [7, 11) is 1.68. The van der Waals surface area contributed by atoms with Gasteiger partial charge in [-0.1, -0.05) is 13.8 Å². The molecule has 0 saturated heterocycles. The summed E-state index contributed by atoms with van der Waals surface area (Å²) in [4.78, 5) is 4.58. The van der Waals surface area contributed by atoms with E-state index in [0.29, 0.717) is 19.3 Å². The molecule has 1 atom stereocenters. The maximum Gasteiger partial charge on any atom is 0.191 e. The molecular formula is C16H36IN3O2. The van der Waals surface area contributed by atoms with Gasteiger partial charge >= 0.3 is 0 Å². The molecule has 22 heavy (non-hydrogen) atoms. The molecule has 0 saturated carbocycles. The lowest BCUT2D eigenvalue weighted by Crippen LogP contribution is -2.42. The van der Waals surface area contributed by atoms with Gasteiger partial charge in [-0.3, -0.25) is 4.99 Å². The molecule has 2 N–H and O–H groups in total. The Kier molecular flexibility index (Phi) is 19.0. The number of hydrogen-bond acceptors (Lipinski definition) is 3. The Morgan fingerprint density at radius 2 is 1.82 bits per heavy atom. The van der Waals surface area contributed by atoms with Crippen molar-refractivity contribution in [2.75, 3.05) is 40.0 Å². The number of nitrogens with one attached hydrogen (secondary N) is 2. The number of nitrogens with zero attached hydrogens (tertiary/aromatic N) is 1. The van der Waals surface area contributed by atoms with Crippen LogP contribution in [-0.4, -0.2) is 52.0 Å². The standard InChI is InChI=1S/C16H35N3O2.HI/c1-6-17-16(19-15(4)9-8-14(2)3)18-10-7-11-21-13-12-20-5;/h14-15H,6-13H2,1-5H3,(H2,17,18,19);1H. The highest BCUT2D eigenvalue weighted by Gasteiger charge is 2.05. The number of hydrogen-bond donors (Lipinski definition) is 2. The van der Waals surface area contributed by atoms with Crippen molar-refractivity contribution < 1.29 is 9.47 Å². The lowest BCUT2D eigenvalue weighted by atomic mass is 10.0. The molecular weight excluding hydrogens is 393 g/mol. The van der Waals surface area contributed by atoms with Crippen LogP contribution in [0.15, 0.2) is 4.99 Å². The van der Waals surface area contributed by atoms with Crippen molar-refractivity contribution in [1.82, 2.24) is 10.6 Å². The van der Waals surface area contributed by atoms with E-state index in [1.165, 1.54) is 12.8 Å². The highest BCUT2D eigenvalue weighted by Crippen LogP contribution is 2.06. The van der Waals surface area contributed by atoms with Crippen molar-refractivity contribution in [3.05, 3.63) is 0 Å². The van der Waals surface area contributed by atoms with Gasteiger partial charge in [-0.2, -0.15) is 0 Å². The second-order valence-electron chi connectivity index (χ2n) is 5.74. The van der Waals surface area contributed by atoms with Crippen molar-refractivity contribution in [3.63, 3.8) is 0 Å². The van der Waals surface area contributed by atoms with Crippen LogP contribution < -0.4 is 10.6 Å². The summed E-state index contributed by atoms with van der Waals surface area (Å²) in [5.41, 5.74) is 0. The molecule has 0 bridgehead atoms. The lowest BCUT2D eigenvalue weighted by molar-refractivity contribution is 0.0702. The Morgan fingerprint density at radius 1 is 1.09 bits per heavy atom. The van der Waals surface area contributed by atoms with E-state index in [2.05, 4.69) is 43.3 Å². The highest BCUT2D eigenvalue weighted by molar-refractivity contribution is 14.0. The molecule has 0 radical (unpaired) electrons. The minimum Gasteiger partial charge on any atom is -0.382 e. The van der Waals surface area contributed by atoms with Crippen LogP contribution in [-0.2, 0) is 9.47 Å². The SMILES string of the molecule is CCNC(=NCCCOCCOC)NC(C)CCC(C)C.I. The van der Waals surface area contributed by atoms with Crippen molar-refractivity contribution in [2.45, 2.75) is 53.0 Å². The summed E-state index contributed by atoms with van der Waals surface area (Å²) in [5.74, 6) is 1.66. The maximum atomic E-state index is 5.43. The average Bonchev–Trinajstić information content (AvgIpc) is 2.44. The van der Waals surface area contributed by atoms with Crippen LogP contribution in [0.1, 0.15) is 47.0 Å². The number of guanidine groups is 1. The van der Waals surface area contributed by atoms with E-state index in [9.17, 15) is 0 Å². The van der Waals surface area contributed by atoms with E-state index >= 15 is 0 Å². The molecule has 0 aliphatic carbocycles. The first-order valence-corrected chi connectivity index (χ1v) is 8.21. The van der Waals surface area contributed by atoms with Gasteiger partial charge in [0, 0.05) is 32.8 Å². The summed E-state index contributed by atoms with van der Waals surface area (Å²) in [6.07, 6.45) is 3.34. The van der Waals surface area contributed by atoms with Crippen molar-refractivity contribution in [1.29, 1.82) is 0 Å². The third-order valence-electron chi connectivity index (χ3n) is 3.05. The molecule has 6 heteroatoms. The third kappa shape index (κ3) is 16.3. The minimum atomic E-state index is 0. The van der Waals surface area contributed by atoms with Crippen molar-refractivity contribution in [2.24, 2.45) is 10.9 Å². The van der Waals surface area contributed by atoms with Crippen LogP contribution in [0, 0.1) is 5.92 Å². The molecule has 0 aromatic carbocycles. The molecule has 5 nitrogen and oxygen atoms in total.